The molecule has 0 saturated carbocycles. The second kappa shape index (κ2) is 13.5. The zero-order chi connectivity index (χ0) is 34.9. The molecule has 7 rings (SSSR count). The van der Waals surface area contributed by atoms with Gasteiger partial charge in [-0.3, -0.25) is 24.6 Å². The fourth-order valence-corrected chi connectivity index (χ4v) is 6.42. The fraction of sp³-hybridized carbons (Fsp3) is 0.231. The topological polar surface area (TPSA) is 136 Å². The third-order valence-corrected chi connectivity index (χ3v) is 9.17. The van der Waals surface area contributed by atoms with E-state index in [1.54, 1.807) is 24.3 Å². The first-order valence-corrected chi connectivity index (χ1v) is 16.5. The number of hydrogen-bond donors (Lipinski definition) is 3. The predicted molar refractivity (Wildman–Crippen MR) is 195 cm³/mol. The van der Waals surface area contributed by atoms with Crippen molar-refractivity contribution < 1.29 is 14.7 Å². The molecule has 4 heterocycles. The summed E-state index contributed by atoms with van der Waals surface area (Å²) in [7, 11) is 1.69. The molecule has 0 saturated heterocycles. The summed E-state index contributed by atoms with van der Waals surface area (Å²) in [6, 6.07) is 24.3. The number of benzene rings is 3. The van der Waals surface area contributed by atoms with Gasteiger partial charge in [0.05, 0.1) is 24.1 Å². The number of urea groups is 1. The van der Waals surface area contributed by atoms with Crippen molar-refractivity contribution in [2.45, 2.75) is 52.4 Å². The molecule has 0 radical (unpaired) electrons. The highest BCUT2D eigenvalue weighted by Crippen LogP contribution is 2.34. The summed E-state index contributed by atoms with van der Waals surface area (Å²) in [5.41, 5.74) is 8.92. The lowest BCUT2D eigenvalue weighted by atomic mass is 9.95. The van der Waals surface area contributed by atoms with E-state index in [9.17, 15) is 14.7 Å². The van der Waals surface area contributed by atoms with Crippen LogP contribution in [0, 0.1) is 13.8 Å². The number of carbonyl (C=O) groups excluding carboxylic acids is 2. The summed E-state index contributed by atoms with van der Waals surface area (Å²) in [6.07, 6.45) is 3.16. The molecule has 2 aliphatic rings. The molecule has 1 unspecified atom stereocenters. The number of aromatic nitrogens is 3. The Morgan fingerprint density at radius 3 is 2.48 bits per heavy atom. The van der Waals surface area contributed by atoms with Crippen molar-refractivity contribution in [2.24, 2.45) is 4.99 Å². The van der Waals surface area contributed by atoms with E-state index in [0.29, 0.717) is 35.1 Å². The first-order chi connectivity index (χ1) is 24.1. The minimum absolute atomic E-state index is 0.0499. The number of aliphatic imine (C=N–C) groups is 1. The molecule has 0 aliphatic carbocycles. The maximum Gasteiger partial charge on any atom is 0.330 e. The van der Waals surface area contributed by atoms with Gasteiger partial charge in [-0.15, -0.1) is 0 Å². The number of ketones is 1. The molecule has 0 bridgehead atoms. The molecule has 11 nitrogen and oxygen atoms in total. The summed E-state index contributed by atoms with van der Waals surface area (Å²) in [5.74, 6) is 0.948. The first kappa shape index (κ1) is 32.6. The first-order valence-electron chi connectivity index (χ1n) is 16.5. The maximum absolute atomic E-state index is 13.7. The SMILES string of the molecule is CC1=N[C@H](Cc2ccccc2)C(=O)Cc2cc(C(O)Nc3ccc(C)c(N4Cc5cnc(Nc6ccc(C)nc6)nc5N(C)C4=O)c3)ccc21. The molecule has 2 aliphatic heterocycles. The highest BCUT2D eigenvalue weighted by Gasteiger charge is 2.32. The molecule has 5 aromatic rings. The van der Waals surface area contributed by atoms with E-state index in [-0.39, 0.29) is 24.8 Å². The van der Waals surface area contributed by atoms with E-state index in [1.165, 1.54) is 4.90 Å². The molecule has 3 N–H and O–H groups in total. The lowest BCUT2D eigenvalue weighted by Crippen LogP contribution is -2.46. The average Bonchev–Trinajstić information content (AvgIpc) is 3.23. The van der Waals surface area contributed by atoms with Crippen molar-refractivity contribution in [2.75, 3.05) is 27.5 Å². The Morgan fingerprint density at radius 1 is 0.900 bits per heavy atom. The van der Waals surface area contributed by atoms with Gasteiger partial charge in [-0.1, -0.05) is 54.6 Å². The maximum atomic E-state index is 13.7. The van der Waals surface area contributed by atoms with Crippen LogP contribution in [0.25, 0.3) is 0 Å². The molecular formula is C39H38N8O3. The van der Waals surface area contributed by atoms with Gasteiger partial charge >= 0.3 is 6.03 Å². The number of fused-ring (bicyclic) bond motifs is 2. The number of anilines is 5. The highest BCUT2D eigenvalue weighted by molar-refractivity contribution is 6.06. The monoisotopic (exact) mass is 666 g/mol. The van der Waals surface area contributed by atoms with Gasteiger partial charge < -0.3 is 15.7 Å². The van der Waals surface area contributed by atoms with E-state index < -0.39 is 12.3 Å². The summed E-state index contributed by atoms with van der Waals surface area (Å²) >= 11 is 0. The van der Waals surface area contributed by atoms with E-state index in [2.05, 4.69) is 25.6 Å². The van der Waals surface area contributed by atoms with Gasteiger partial charge in [-0.05, 0) is 67.3 Å². The number of Topliss-reactive ketones (excluding diaryl/α,β-unsaturated/α-hetero) is 1. The van der Waals surface area contributed by atoms with Gasteiger partial charge in [0.2, 0.25) is 5.95 Å². The van der Waals surface area contributed by atoms with Crippen LogP contribution in [0.5, 0.6) is 0 Å². The number of carbonyl (C=O) groups is 2. The number of rotatable bonds is 8. The van der Waals surface area contributed by atoms with Crippen molar-refractivity contribution in [3.05, 3.63) is 130 Å². The quantitative estimate of drug-likeness (QED) is 0.161. The van der Waals surface area contributed by atoms with Crippen LogP contribution in [0.2, 0.25) is 0 Å². The average molecular weight is 667 g/mol. The van der Waals surface area contributed by atoms with E-state index in [1.807, 2.05) is 99.6 Å². The molecule has 2 amide bonds. The molecule has 252 valence electrons. The molecule has 3 aromatic carbocycles. The molecule has 2 atom stereocenters. The van der Waals surface area contributed by atoms with Crippen molar-refractivity contribution in [3.63, 3.8) is 0 Å². The number of nitrogens with one attached hydrogen (secondary N) is 2. The Balaban J connectivity index is 1.07. The van der Waals surface area contributed by atoms with Crippen LogP contribution in [-0.2, 0) is 24.2 Å². The largest absolute Gasteiger partial charge is 0.369 e. The number of nitrogens with zero attached hydrogens (tertiary/aromatic N) is 6. The standard InChI is InChI=1S/C39H38N8O3/c1-23-10-13-30(19-34(23)47-22-29-20-41-38(45-36(29)46(4)39(47)50)44-31-14-11-24(2)40-21-31)43-37(49)27-12-15-32-25(3)42-33(35(48)18-28(32)17-27)16-26-8-6-5-7-9-26/h5-15,17,19-21,33,37,43,49H,16,18,22H2,1-4H3,(H,41,44,45)/t33-,37?/m1/s1. The van der Waals surface area contributed by atoms with Crippen LogP contribution in [-0.4, -0.2) is 50.7 Å². The lowest BCUT2D eigenvalue weighted by Gasteiger charge is -2.35. The van der Waals surface area contributed by atoms with Gasteiger partial charge in [0.15, 0.2) is 12.0 Å². The lowest BCUT2D eigenvalue weighted by molar-refractivity contribution is -0.119. The van der Waals surface area contributed by atoms with Crippen molar-refractivity contribution in [1.82, 2.24) is 15.0 Å². The zero-order valence-corrected chi connectivity index (χ0v) is 28.4. The smallest absolute Gasteiger partial charge is 0.330 e. The molecule has 0 spiro atoms. The zero-order valence-electron chi connectivity index (χ0n) is 28.4. The van der Waals surface area contributed by atoms with Gasteiger partial charge in [0.25, 0.3) is 0 Å². The van der Waals surface area contributed by atoms with E-state index in [0.717, 1.165) is 44.9 Å². The highest BCUT2D eigenvalue weighted by atomic mass is 16.3. The van der Waals surface area contributed by atoms with Crippen LogP contribution in [0.3, 0.4) is 0 Å². The predicted octanol–water partition coefficient (Wildman–Crippen LogP) is 6.46. The van der Waals surface area contributed by atoms with Gasteiger partial charge in [-0.2, -0.15) is 4.98 Å². The Kier molecular flexibility index (Phi) is 8.82. The molecule has 0 fully saturated rings. The summed E-state index contributed by atoms with van der Waals surface area (Å²) in [4.78, 5) is 48.4. The van der Waals surface area contributed by atoms with Crippen molar-refractivity contribution in [1.29, 1.82) is 0 Å². The molecule has 11 heteroatoms. The normalized spacial score (nSPS) is 16.3. The van der Waals surface area contributed by atoms with Crippen LogP contribution in [0.1, 0.15) is 52.2 Å². The molecular weight excluding hydrogens is 628 g/mol. The minimum Gasteiger partial charge on any atom is -0.369 e. The Bertz CT molecular complexity index is 2120. The van der Waals surface area contributed by atoms with Crippen LogP contribution in [0.15, 0.2) is 96.2 Å². The van der Waals surface area contributed by atoms with Crippen molar-refractivity contribution in [3.8, 4) is 0 Å². The Hall–Kier alpha value is -5.94. The number of aliphatic hydroxyl groups excluding tert-OH is 1. The number of aliphatic hydroxyl groups is 1. The number of pyridine rings is 1. The van der Waals surface area contributed by atoms with Gasteiger partial charge in [-0.25, -0.2) is 9.78 Å². The van der Waals surface area contributed by atoms with Crippen LogP contribution in [0.4, 0.5) is 33.6 Å². The van der Waals surface area contributed by atoms with Crippen molar-refractivity contribution >= 4 is 46.4 Å². The van der Waals surface area contributed by atoms with Crippen LogP contribution >= 0.6 is 0 Å². The summed E-state index contributed by atoms with van der Waals surface area (Å²) in [5, 5.41) is 17.7. The Morgan fingerprint density at radius 2 is 1.70 bits per heavy atom. The fourth-order valence-electron chi connectivity index (χ4n) is 6.42. The third kappa shape index (κ3) is 6.68. The second-order valence-electron chi connectivity index (χ2n) is 12.8. The van der Waals surface area contributed by atoms with Crippen LogP contribution < -0.4 is 20.4 Å². The third-order valence-electron chi connectivity index (χ3n) is 9.17. The van der Waals surface area contributed by atoms with Gasteiger partial charge in [0.1, 0.15) is 11.9 Å². The summed E-state index contributed by atoms with van der Waals surface area (Å²) < 4.78 is 0. The second-order valence-corrected chi connectivity index (χ2v) is 12.8. The summed E-state index contributed by atoms with van der Waals surface area (Å²) in [6.45, 7) is 6.07. The molecule has 2 aromatic heterocycles. The number of aryl methyl sites for hydroxylation is 2. The Labute approximate surface area is 290 Å². The number of amides is 2. The van der Waals surface area contributed by atoms with E-state index >= 15 is 0 Å². The number of hydrogen-bond acceptors (Lipinski definition) is 9. The van der Waals surface area contributed by atoms with E-state index in [4.69, 9.17) is 4.99 Å². The minimum atomic E-state index is -1.06. The van der Waals surface area contributed by atoms with Gasteiger partial charge in [0, 0.05) is 54.3 Å². The molecule has 50 heavy (non-hydrogen) atoms.